The lowest BCUT2D eigenvalue weighted by Gasteiger charge is -2.33. The summed E-state index contributed by atoms with van der Waals surface area (Å²) in [5.74, 6) is 0.533. The third-order valence-electron chi connectivity index (χ3n) is 3.94. The van der Waals surface area contributed by atoms with E-state index in [1.807, 2.05) is 45.0 Å². The van der Waals surface area contributed by atoms with Crippen molar-refractivity contribution in [3.05, 3.63) is 35.4 Å². The van der Waals surface area contributed by atoms with Crippen molar-refractivity contribution in [3.8, 4) is 0 Å². The number of carbonyl (C=O) groups is 2. The maximum absolute atomic E-state index is 12.0. The molecule has 1 heterocycles. The fraction of sp³-hybridized carbons (Fsp3) is 0.556. The molecule has 0 aliphatic carbocycles. The van der Waals surface area contributed by atoms with Crippen molar-refractivity contribution < 1.29 is 14.3 Å². The Labute approximate surface area is 132 Å². The summed E-state index contributed by atoms with van der Waals surface area (Å²) in [6.07, 6.45) is 1.63. The van der Waals surface area contributed by atoms with Gasteiger partial charge in [0.2, 0.25) is 0 Å². The zero-order valence-corrected chi connectivity index (χ0v) is 13.9. The Bertz CT molecular complexity index is 534. The molecule has 0 atom stereocenters. The maximum Gasteiger partial charge on any atom is 0.410 e. The van der Waals surface area contributed by atoms with E-state index in [0.29, 0.717) is 19.0 Å². The fourth-order valence-corrected chi connectivity index (χ4v) is 2.71. The first-order chi connectivity index (χ1) is 10.3. The number of ketones is 1. The molecular formula is C18H25NO3. The molecule has 0 spiro atoms. The smallest absolute Gasteiger partial charge is 0.410 e. The lowest BCUT2D eigenvalue weighted by Crippen LogP contribution is -2.41. The molecule has 1 aromatic rings. The molecule has 1 saturated heterocycles. The van der Waals surface area contributed by atoms with E-state index in [0.717, 1.165) is 18.4 Å². The quantitative estimate of drug-likeness (QED) is 0.776. The average Bonchev–Trinajstić information content (AvgIpc) is 2.46. The summed E-state index contributed by atoms with van der Waals surface area (Å²) >= 11 is 0. The number of rotatable bonds is 2. The lowest BCUT2D eigenvalue weighted by molar-refractivity contribution is 0.0204. The SMILES string of the molecule is CC(=O)c1ccc(C2CCN(C(=O)OC(C)(C)C)CC2)cc1. The number of benzene rings is 1. The number of hydrogen-bond donors (Lipinski definition) is 0. The predicted molar refractivity (Wildman–Crippen MR) is 86.2 cm³/mol. The molecule has 1 aromatic carbocycles. The van der Waals surface area contributed by atoms with Gasteiger partial charge in [-0.1, -0.05) is 24.3 Å². The van der Waals surface area contributed by atoms with Gasteiger partial charge >= 0.3 is 6.09 Å². The van der Waals surface area contributed by atoms with Gasteiger partial charge in [0.1, 0.15) is 5.60 Å². The Balaban J connectivity index is 1.91. The van der Waals surface area contributed by atoms with Crippen molar-refractivity contribution in [2.45, 2.75) is 52.1 Å². The molecule has 22 heavy (non-hydrogen) atoms. The van der Waals surface area contributed by atoms with Crippen LogP contribution in [-0.4, -0.2) is 35.5 Å². The minimum Gasteiger partial charge on any atom is -0.444 e. The highest BCUT2D eigenvalue weighted by Gasteiger charge is 2.27. The monoisotopic (exact) mass is 303 g/mol. The van der Waals surface area contributed by atoms with E-state index in [2.05, 4.69) is 0 Å². The number of hydrogen-bond acceptors (Lipinski definition) is 3. The number of ether oxygens (including phenoxy) is 1. The Hall–Kier alpha value is -1.84. The molecule has 1 fully saturated rings. The van der Waals surface area contributed by atoms with Crippen LogP contribution in [0.3, 0.4) is 0 Å². The second-order valence-electron chi connectivity index (χ2n) is 6.92. The van der Waals surface area contributed by atoms with Crippen LogP contribution in [0.5, 0.6) is 0 Å². The van der Waals surface area contributed by atoms with E-state index in [-0.39, 0.29) is 11.9 Å². The van der Waals surface area contributed by atoms with Gasteiger partial charge in [-0.15, -0.1) is 0 Å². The summed E-state index contributed by atoms with van der Waals surface area (Å²) in [5.41, 5.74) is 1.54. The van der Waals surface area contributed by atoms with Gasteiger partial charge in [-0.05, 0) is 52.0 Å². The van der Waals surface area contributed by atoms with Gasteiger partial charge in [0, 0.05) is 18.7 Å². The third kappa shape index (κ3) is 4.33. The number of Topliss-reactive ketones (excluding diaryl/α,β-unsaturated/α-hetero) is 1. The molecule has 1 aliphatic heterocycles. The molecule has 0 radical (unpaired) electrons. The van der Waals surface area contributed by atoms with Crippen molar-refractivity contribution in [1.29, 1.82) is 0 Å². The van der Waals surface area contributed by atoms with Crippen LogP contribution < -0.4 is 0 Å². The number of likely N-dealkylation sites (tertiary alicyclic amines) is 1. The highest BCUT2D eigenvalue weighted by atomic mass is 16.6. The van der Waals surface area contributed by atoms with E-state index < -0.39 is 5.60 Å². The minimum atomic E-state index is -0.448. The molecular weight excluding hydrogens is 278 g/mol. The number of nitrogens with zero attached hydrogens (tertiary/aromatic N) is 1. The summed E-state index contributed by atoms with van der Waals surface area (Å²) < 4.78 is 5.41. The standard InChI is InChI=1S/C18H25NO3/c1-13(20)14-5-7-15(8-6-14)16-9-11-19(12-10-16)17(21)22-18(2,3)4/h5-8,16H,9-12H2,1-4H3. The van der Waals surface area contributed by atoms with E-state index in [1.165, 1.54) is 5.56 Å². The van der Waals surface area contributed by atoms with Crippen molar-refractivity contribution >= 4 is 11.9 Å². The summed E-state index contributed by atoms with van der Waals surface area (Å²) in [6, 6.07) is 7.84. The number of amides is 1. The van der Waals surface area contributed by atoms with Gasteiger partial charge in [0.15, 0.2) is 5.78 Å². The second-order valence-corrected chi connectivity index (χ2v) is 6.92. The number of piperidine rings is 1. The summed E-state index contributed by atoms with van der Waals surface area (Å²) in [6.45, 7) is 8.66. The Morgan fingerprint density at radius 3 is 2.09 bits per heavy atom. The van der Waals surface area contributed by atoms with Crippen LogP contribution in [-0.2, 0) is 4.74 Å². The van der Waals surface area contributed by atoms with Crippen LogP contribution in [0.4, 0.5) is 4.79 Å². The Morgan fingerprint density at radius 2 is 1.64 bits per heavy atom. The van der Waals surface area contributed by atoms with Crippen LogP contribution in [0.2, 0.25) is 0 Å². The molecule has 2 rings (SSSR count). The molecule has 0 unspecified atom stereocenters. The molecule has 0 aromatic heterocycles. The zero-order chi connectivity index (χ0) is 16.3. The molecule has 4 heteroatoms. The van der Waals surface area contributed by atoms with Crippen LogP contribution in [0.25, 0.3) is 0 Å². The summed E-state index contributed by atoms with van der Waals surface area (Å²) in [4.78, 5) is 25.1. The first kappa shape index (κ1) is 16.5. The largest absolute Gasteiger partial charge is 0.444 e. The third-order valence-corrected chi connectivity index (χ3v) is 3.94. The molecule has 0 saturated carbocycles. The van der Waals surface area contributed by atoms with Crippen LogP contribution in [0.1, 0.15) is 62.4 Å². The zero-order valence-electron chi connectivity index (χ0n) is 13.9. The van der Waals surface area contributed by atoms with Gasteiger partial charge in [0.25, 0.3) is 0 Å². The molecule has 1 amide bonds. The van der Waals surface area contributed by atoms with E-state index in [1.54, 1.807) is 11.8 Å². The van der Waals surface area contributed by atoms with Crippen LogP contribution in [0.15, 0.2) is 24.3 Å². The normalized spacial score (nSPS) is 16.5. The van der Waals surface area contributed by atoms with E-state index in [4.69, 9.17) is 4.74 Å². The van der Waals surface area contributed by atoms with Gasteiger partial charge in [-0.2, -0.15) is 0 Å². The van der Waals surface area contributed by atoms with Gasteiger partial charge in [0.05, 0.1) is 0 Å². The van der Waals surface area contributed by atoms with Crippen molar-refractivity contribution in [2.75, 3.05) is 13.1 Å². The molecule has 0 bridgehead atoms. The number of carbonyl (C=O) groups excluding carboxylic acids is 2. The van der Waals surface area contributed by atoms with Crippen molar-refractivity contribution in [1.82, 2.24) is 4.90 Å². The minimum absolute atomic E-state index is 0.0892. The first-order valence-corrected chi connectivity index (χ1v) is 7.85. The van der Waals surface area contributed by atoms with Crippen molar-refractivity contribution in [2.24, 2.45) is 0 Å². The predicted octanol–water partition coefficient (Wildman–Crippen LogP) is 4.00. The second kappa shape index (κ2) is 6.51. The topological polar surface area (TPSA) is 46.6 Å². The average molecular weight is 303 g/mol. The van der Waals surface area contributed by atoms with Crippen molar-refractivity contribution in [3.63, 3.8) is 0 Å². The van der Waals surface area contributed by atoms with E-state index >= 15 is 0 Å². The summed E-state index contributed by atoms with van der Waals surface area (Å²) in [7, 11) is 0. The molecule has 120 valence electrons. The molecule has 1 aliphatic rings. The highest BCUT2D eigenvalue weighted by Crippen LogP contribution is 2.29. The van der Waals surface area contributed by atoms with Crippen LogP contribution >= 0.6 is 0 Å². The first-order valence-electron chi connectivity index (χ1n) is 7.85. The highest BCUT2D eigenvalue weighted by molar-refractivity contribution is 5.94. The fourth-order valence-electron chi connectivity index (χ4n) is 2.71. The van der Waals surface area contributed by atoms with Crippen LogP contribution in [0, 0.1) is 0 Å². The van der Waals surface area contributed by atoms with Gasteiger partial charge in [-0.3, -0.25) is 4.79 Å². The van der Waals surface area contributed by atoms with Gasteiger partial charge in [-0.25, -0.2) is 4.79 Å². The van der Waals surface area contributed by atoms with E-state index in [9.17, 15) is 9.59 Å². The Kier molecular flexibility index (Phi) is 4.89. The lowest BCUT2D eigenvalue weighted by atomic mass is 9.89. The summed E-state index contributed by atoms with van der Waals surface area (Å²) in [5, 5.41) is 0. The van der Waals surface area contributed by atoms with Gasteiger partial charge < -0.3 is 9.64 Å². The maximum atomic E-state index is 12.0. The molecule has 4 nitrogen and oxygen atoms in total. The Morgan fingerprint density at radius 1 is 1.09 bits per heavy atom. The molecule has 0 N–H and O–H groups in total.